The number of esters is 1. The van der Waals surface area contributed by atoms with Gasteiger partial charge in [0, 0.05) is 119 Å². The molecule has 31 nitrogen and oxygen atoms in total. The number of thioether (sulfide) groups is 1. The number of hydrogen-bond acceptors (Lipinski definition) is 22. The number of hydrogen-bond donors (Lipinski definition) is 6. The van der Waals surface area contributed by atoms with Gasteiger partial charge in [-0.1, -0.05) is 166 Å². The minimum atomic E-state index is -0.198. The van der Waals surface area contributed by atoms with E-state index in [1.165, 1.54) is 39.5 Å². The summed E-state index contributed by atoms with van der Waals surface area (Å²) in [6.45, 7) is 25.4. The fourth-order valence-electron chi connectivity index (χ4n) is 13.5. The van der Waals surface area contributed by atoms with Gasteiger partial charge in [-0.3, -0.25) is 38.4 Å². The van der Waals surface area contributed by atoms with E-state index >= 15 is 0 Å². The maximum atomic E-state index is 11.8. The zero-order chi connectivity index (χ0) is 88.9. The highest BCUT2D eigenvalue weighted by molar-refractivity contribution is 8.13. The first-order chi connectivity index (χ1) is 60.2. The van der Waals surface area contributed by atoms with Crippen LogP contribution < -0.4 is 51.3 Å². The van der Waals surface area contributed by atoms with Gasteiger partial charge in [-0.05, 0) is 101 Å². The largest absolute Gasteiger partial charge is 0.466 e. The molecule has 0 aliphatic carbocycles. The van der Waals surface area contributed by atoms with Gasteiger partial charge < -0.3 is 56.0 Å². The minimum Gasteiger partial charge on any atom is -0.466 e. The molecule has 0 unspecified atom stereocenters. The number of aromatic nitrogens is 12. The van der Waals surface area contributed by atoms with E-state index in [-0.39, 0.29) is 46.5 Å². The van der Waals surface area contributed by atoms with Gasteiger partial charge in [-0.2, -0.15) is 18.9 Å². The highest BCUT2D eigenvalue weighted by Gasteiger charge is 2.26. The fraction of sp³-hybridized carbons (Fsp3) is 0.478. The van der Waals surface area contributed by atoms with E-state index in [0.717, 1.165) is 223 Å². The maximum Gasteiger partial charge on any atom is 0.305 e. The van der Waals surface area contributed by atoms with E-state index in [9.17, 15) is 38.4 Å². The van der Waals surface area contributed by atoms with Crippen molar-refractivity contribution in [3.05, 3.63) is 120 Å². The molecule has 32 heteroatoms. The van der Waals surface area contributed by atoms with Crippen molar-refractivity contribution in [3.8, 4) is 0 Å². The molecule has 8 aromatic heterocycles. The summed E-state index contributed by atoms with van der Waals surface area (Å²) in [6, 6.07) is 31.1. The van der Waals surface area contributed by atoms with E-state index in [1.54, 1.807) is 11.7 Å². The van der Waals surface area contributed by atoms with Crippen molar-refractivity contribution in [1.82, 2.24) is 69.4 Å². The Morgan fingerprint density at radius 2 is 0.597 bits per heavy atom. The number of pyridine rings is 4. The molecule has 12 aromatic rings. The van der Waals surface area contributed by atoms with Crippen molar-refractivity contribution in [2.24, 2.45) is 0 Å². The Balaban J connectivity index is 0.000000187. The third-order valence-corrected chi connectivity index (χ3v) is 20.9. The van der Waals surface area contributed by atoms with Crippen LogP contribution in [0.3, 0.4) is 0 Å². The third kappa shape index (κ3) is 27.0. The van der Waals surface area contributed by atoms with Gasteiger partial charge in [0.25, 0.3) is 0 Å². The number of nitrogens with one attached hydrogen (secondary N) is 6. The lowest BCUT2D eigenvalue weighted by Crippen LogP contribution is -2.24. The topological polar surface area (TPSA) is 378 Å². The number of amides is 6. The Morgan fingerprint density at radius 3 is 0.863 bits per heavy atom. The third-order valence-electron chi connectivity index (χ3n) is 19.8. The number of para-hydroxylation sites is 4. The molecule has 664 valence electrons. The summed E-state index contributed by atoms with van der Waals surface area (Å²) < 4.78 is 12.4. The molecule has 0 saturated heterocycles. The molecule has 0 fully saturated rings. The number of carbonyl (C=O) groups is 8. The van der Waals surface area contributed by atoms with Crippen LogP contribution in [0.2, 0.25) is 0 Å². The molecule has 0 saturated carbocycles. The summed E-state index contributed by atoms with van der Waals surface area (Å²) in [4.78, 5) is 155. The summed E-state index contributed by atoms with van der Waals surface area (Å²) in [6.07, 6.45) is 19.6. The fourth-order valence-corrected chi connectivity index (χ4v) is 14.3. The molecule has 6 amide bonds. The van der Waals surface area contributed by atoms with Crippen LogP contribution in [-0.2, 0) is 68.8 Å². The highest BCUT2D eigenvalue weighted by atomic mass is 32.2. The van der Waals surface area contributed by atoms with Crippen molar-refractivity contribution < 1.29 is 62.4 Å². The molecule has 0 aliphatic heterocycles. The van der Waals surface area contributed by atoms with Crippen molar-refractivity contribution in [2.75, 3.05) is 73.1 Å². The van der Waals surface area contributed by atoms with E-state index in [2.05, 4.69) is 79.5 Å². The second kappa shape index (κ2) is 49.9. The molecule has 0 aliphatic rings. The summed E-state index contributed by atoms with van der Waals surface area (Å²) >= 11 is 1.39. The first kappa shape index (κ1) is 95.7. The minimum absolute atomic E-state index is 0.0628. The molecule has 0 atom stereocenters. The zero-order valence-electron chi connectivity index (χ0n) is 73.9. The Kier molecular flexibility index (Phi) is 38.5. The lowest BCUT2D eigenvalue weighted by atomic mass is 10.2. The monoisotopic (exact) mass is 1720 g/mol. The van der Waals surface area contributed by atoms with Gasteiger partial charge in [0.15, 0.2) is 28.4 Å². The average molecular weight is 1720 g/mol. The van der Waals surface area contributed by atoms with Gasteiger partial charge >= 0.3 is 5.97 Å². The summed E-state index contributed by atoms with van der Waals surface area (Å²) in [5.74, 6) is 5.04. The molecule has 4 aromatic carbocycles. The molecule has 12 rings (SSSR count). The van der Waals surface area contributed by atoms with Crippen LogP contribution in [0, 0.1) is 0 Å². The molecule has 0 radical (unpaired) electrons. The van der Waals surface area contributed by atoms with Crippen LogP contribution in [-0.4, -0.2) is 157 Å². The predicted octanol–water partition coefficient (Wildman–Crippen LogP) is 16.1. The van der Waals surface area contributed by atoms with Crippen LogP contribution >= 0.6 is 11.8 Å². The maximum absolute atomic E-state index is 11.8. The smallest absolute Gasteiger partial charge is 0.305 e. The lowest BCUT2D eigenvalue weighted by molar-refractivity contribution is -0.143. The standard InChI is InChI=1S/2C23H31N5O3.C23H30N4O4.C23H30N4O3S/c2*1-4-6-13-19-27-21-22(28(19)31-15-10-9-14-24-20(30)5-2)17-11-7-8-12-18(17)26-23(21)25-16(3)29;1-4-6-13-19-26-21-22(27(19)31-15-10-9-14-30-20(29)5-2)17-11-7-8-12-18(17)25-23(21)24-16(3)28;1-4-6-13-19-26-21-22(27(19)30-14-9-10-15-31-20(29)5-2)17-11-7-8-12-18(17)25-23(21)24-16(3)28/h2*7-8,11-12H,4-6,9-10,13-15H2,1-3H3,(H,24,30)(H,25,26,29);2*7-8,11-12H,4-6,9-10,13-15H2,1-3H3,(H,24,25,28). The van der Waals surface area contributed by atoms with Crippen LogP contribution in [0.4, 0.5) is 23.3 Å². The summed E-state index contributed by atoms with van der Waals surface area (Å²) in [5, 5.41) is 21.0. The SMILES string of the molecule is CCCCc1nc2c(NC(C)=O)nc3ccccc3c2n1OCCCCNC(=O)CC.CCCCc1nc2c(NC(C)=O)nc3ccccc3c2n1OCCCCNC(=O)CC.CCCCc1nc2c(NC(C)=O)nc3ccccc3c2n1OCCCCOC(=O)CC.CCCCc1nc2c(NC(C)=O)nc3ccccc3c2n1OCCCCSC(=O)CC. The Hall–Kier alpha value is -12.1. The van der Waals surface area contributed by atoms with Crippen LogP contribution in [0.5, 0.6) is 0 Å². The number of nitrogens with zero attached hydrogens (tertiary/aromatic N) is 12. The van der Waals surface area contributed by atoms with Crippen LogP contribution in [0.15, 0.2) is 97.1 Å². The van der Waals surface area contributed by atoms with Gasteiger partial charge in [0.05, 0.1) is 28.7 Å². The summed E-state index contributed by atoms with van der Waals surface area (Å²) in [7, 11) is 0. The zero-order valence-corrected chi connectivity index (χ0v) is 74.8. The van der Waals surface area contributed by atoms with Gasteiger partial charge in [0.1, 0.15) is 93.9 Å². The van der Waals surface area contributed by atoms with E-state index in [1.807, 2.05) is 132 Å². The molecular formula is C92H122N18O13S. The van der Waals surface area contributed by atoms with Crippen LogP contribution in [0.1, 0.15) is 235 Å². The Morgan fingerprint density at radius 1 is 0.323 bits per heavy atom. The highest BCUT2D eigenvalue weighted by Crippen LogP contribution is 2.35. The van der Waals surface area contributed by atoms with Crippen molar-refractivity contribution >= 4 is 169 Å². The number of fused-ring (bicyclic) bond motifs is 12. The van der Waals surface area contributed by atoms with E-state index in [0.29, 0.717) is 117 Å². The molecule has 0 spiro atoms. The Labute approximate surface area is 728 Å². The van der Waals surface area contributed by atoms with Gasteiger partial charge in [-0.15, -0.1) is 0 Å². The van der Waals surface area contributed by atoms with Crippen molar-refractivity contribution in [3.63, 3.8) is 0 Å². The first-order valence-electron chi connectivity index (χ1n) is 43.9. The number of aryl methyl sites for hydroxylation is 4. The number of benzene rings is 4. The first-order valence-corrected chi connectivity index (χ1v) is 44.9. The molecule has 8 heterocycles. The average Bonchev–Trinajstić information content (AvgIpc) is 1.61. The number of unbranched alkanes of at least 4 members (excludes halogenated alkanes) is 8. The quantitative estimate of drug-likeness (QED) is 0.0153. The van der Waals surface area contributed by atoms with Crippen LogP contribution in [0.25, 0.3) is 87.7 Å². The summed E-state index contributed by atoms with van der Waals surface area (Å²) in [5.41, 5.74) is 8.89. The number of ether oxygens (including phenoxy) is 1. The predicted molar refractivity (Wildman–Crippen MR) is 490 cm³/mol. The molecule has 0 bridgehead atoms. The molecule has 124 heavy (non-hydrogen) atoms. The lowest BCUT2D eigenvalue weighted by Gasteiger charge is -2.13. The van der Waals surface area contributed by atoms with E-state index in [4.69, 9.17) is 44.0 Å². The second-order valence-corrected chi connectivity index (χ2v) is 31.0. The number of carbonyl (C=O) groups excluding carboxylic acids is 8. The molecule has 6 N–H and O–H groups in total. The van der Waals surface area contributed by atoms with Crippen molar-refractivity contribution in [1.29, 1.82) is 0 Å². The van der Waals surface area contributed by atoms with Gasteiger partial charge in [-0.25, -0.2) is 39.9 Å². The van der Waals surface area contributed by atoms with Gasteiger partial charge in [0.2, 0.25) is 35.4 Å². The Bertz CT molecular complexity index is 4930. The number of anilines is 4. The van der Waals surface area contributed by atoms with E-state index < -0.39 is 0 Å². The number of imidazole rings is 4. The normalized spacial score (nSPS) is 11.1. The molecular weight excluding hydrogens is 1600 g/mol. The number of rotatable bonds is 44. The van der Waals surface area contributed by atoms with Crippen molar-refractivity contribution in [2.45, 2.75) is 237 Å². The second-order valence-electron chi connectivity index (χ2n) is 29.8.